The fraction of sp³-hybridized carbons (Fsp3) is 0.571. The number of aromatic nitrogens is 2. The number of aryl methyl sites for hydroxylation is 1. The summed E-state index contributed by atoms with van der Waals surface area (Å²) in [7, 11) is 1.77. The topological polar surface area (TPSA) is 84.6 Å². The molecule has 0 fully saturated rings. The Labute approximate surface area is 168 Å². The minimum absolute atomic E-state index is 0.111. The molecule has 0 saturated carbocycles. The second-order valence-electron chi connectivity index (χ2n) is 7.01. The number of benzene rings is 1. The molecule has 1 unspecified atom stereocenters. The number of rotatable bonds is 11. The second-order valence-corrected chi connectivity index (χ2v) is 7.01. The quantitative estimate of drug-likeness (QED) is 0.349. The fourth-order valence-electron chi connectivity index (χ4n) is 2.63. The van der Waals surface area contributed by atoms with Crippen molar-refractivity contribution < 1.29 is 9.26 Å². The highest BCUT2D eigenvalue weighted by atomic mass is 16.5. The van der Waals surface area contributed by atoms with Crippen LogP contribution in [0.15, 0.2) is 39.8 Å². The lowest BCUT2D eigenvalue weighted by Gasteiger charge is -2.14. The van der Waals surface area contributed by atoms with E-state index >= 15 is 0 Å². The maximum Gasteiger partial charge on any atom is 0.226 e. The molecule has 2 N–H and O–H groups in total. The number of aliphatic imine (C=N–C) groups is 1. The van der Waals surface area contributed by atoms with Crippen LogP contribution in [-0.2, 0) is 11.2 Å². The van der Waals surface area contributed by atoms with Gasteiger partial charge in [-0.25, -0.2) is 0 Å². The van der Waals surface area contributed by atoms with Crippen LogP contribution in [0, 0.1) is 0 Å². The Hall–Kier alpha value is -2.41. The van der Waals surface area contributed by atoms with E-state index in [0.717, 1.165) is 44.1 Å². The monoisotopic (exact) mass is 387 g/mol. The van der Waals surface area contributed by atoms with Gasteiger partial charge in [-0.05, 0) is 25.3 Å². The third-order valence-corrected chi connectivity index (χ3v) is 4.33. The van der Waals surface area contributed by atoms with E-state index in [2.05, 4.69) is 58.7 Å². The van der Waals surface area contributed by atoms with Gasteiger partial charge in [0.25, 0.3) is 0 Å². The average Bonchev–Trinajstić information content (AvgIpc) is 3.19. The van der Waals surface area contributed by atoms with Crippen LogP contribution in [0.5, 0.6) is 0 Å². The predicted molar refractivity (Wildman–Crippen MR) is 111 cm³/mol. The highest BCUT2D eigenvalue weighted by Crippen LogP contribution is 2.15. The summed E-state index contributed by atoms with van der Waals surface area (Å²) in [5.74, 6) is 2.55. The van der Waals surface area contributed by atoms with Gasteiger partial charge in [0.05, 0.1) is 6.10 Å². The van der Waals surface area contributed by atoms with Crippen molar-refractivity contribution in [2.45, 2.75) is 52.1 Å². The van der Waals surface area contributed by atoms with Crippen LogP contribution in [0.25, 0.3) is 0 Å². The minimum Gasteiger partial charge on any atom is -0.374 e. The molecule has 7 nitrogen and oxygen atoms in total. The van der Waals surface area contributed by atoms with Crippen LogP contribution >= 0.6 is 0 Å². The molecule has 7 heteroatoms. The van der Waals surface area contributed by atoms with Crippen LogP contribution in [0.2, 0.25) is 0 Å². The van der Waals surface area contributed by atoms with Crippen LogP contribution in [0.3, 0.4) is 0 Å². The van der Waals surface area contributed by atoms with E-state index in [1.165, 1.54) is 5.56 Å². The van der Waals surface area contributed by atoms with Crippen LogP contribution in [0.1, 0.15) is 62.9 Å². The Kier molecular flexibility index (Phi) is 9.48. The number of nitrogens with zero attached hydrogens (tertiary/aromatic N) is 3. The molecule has 0 bridgehead atoms. The SMILES string of the molecule is CN=C(NCCCOC(C)c1ccccc1)NCCCc1nc(C(C)C)no1. The van der Waals surface area contributed by atoms with E-state index in [1.807, 2.05) is 18.2 Å². The van der Waals surface area contributed by atoms with Crippen molar-refractivity contribution in [3.05, 3.63) is 47.6 Å². The standard InChI is InChI=1S/C21H33N5O2/c1-16(2)20-25-19(28-26-20)12-8-13-23-21(22-4)24-14-9-15-27-17(3)18-10-6-5-7-11-18/h5-7,10-11,16-17H,8-9,12-15H2,1-4H3,(H2,22,23,24). The van der Waals surface area contributed by atoms with Gasteiger partial charge in [0, 0.05) is 39.1 Å². The van der Waals surface area contributed by atoms with Crippen molar-refractivity contribution in [2.24, 2.45) is 4.99 Å². The molecule has 0 aliphatic carbocycles. The molecule has 1 heterocycles. The van der Waals surface area contributed by atoms with Crippen molar-refractivity contribution in [1.29, 1.82) is 0 Å². The van der Waals surface area contributed by atoms with Crippen molar-refractivity contribution in [3.8, 4) is 0 Å². The van der Waals surface area contributed by atoms with E-state index in [0.29, 0.717) is 18.4 Å². The molecule has 0 aliphatic rings. The Balaban J connectivity index is 1.54. The summed E-state index contributed by atoms with van der Waals surface area (Å²) in [6.07, 6.45) is 2.68. The molecule has 0 spiro atoms. The fourth-order valence-corrected chi connectivity index (χ4v) is 2.63. The molecular weight excluding hydrogens is 354 g/mol. The van der Waals surface area contributed by atoms with E-state index in [-0.39, 0.29) is 6.10 Å². The number of nitrogens with one attached hydrogen (secondary N) is 2. The zero-order chi connectivity index (χ0) is 20.2. The first-order chi connectivity index (χ1) is 13.6. The Morgan fingerprint density at radius 3 is 2.46 bits per heavy atom. The van der Waals surface area contributed by atoms with Gasteiger partial charge in [-0.3, -0.25) is 4.99 Å². The largest absolute Gasteiger partial charge is 0.374 e. The summed E-state index contributed by atoms with van der Waals surface area (Å²) in [5.41, 5.74) is 1.20. The zero-order valence-corrected chi connectivity index (χ0v) is 17.4. The van der Waals surface area contributed by atoms with Gasteiger partial charge in [0.15, 0.2) is 11.8 Å². The molecular formula is C21H33N5O2. The molecule has 0 aliphatic heterocycles. The summed E-state index contributed by atoms with van der Waals surface area (Å²) in [5, 5.41) is 10.6. The minimum atomic E-state index is 0.111. The number of hydrogen-bond acceptors (Lipinski definition) is 5. The lowest BCUT2D eigenvalue weighted by Crippen LogP contribution is -2.38. The highest BCUT2D eigenvalue weighted by molar-refractivity contribution is 5.79. The maximum atomic E-state index is 5.89. The summed E-state index contributed by atoms with van der Waals surface area (Å²) in [4.78, 5) is 8.63. The zero-order valence-electron chi connectivity index (χ0n) is 17.4. The first kappa shape index (κ1) is 21.9. The Morgan fingerprint density at radius 1 is 1.11 bits per heavy atom. The summed E-state index contributed by atoms with van der Waals surface area (Å²) < 4.78 is 11.1. The maximum absolute atomic E-state index is 5.89. The van der Waals surface area contributed by atoms with Crippen molar-refractivity contribution in [2.75, 3.05) is 26.7 Å². The van der Waals surface area contributed by atoms with Crippen molar-refractivity contribution in [1.82, 2.24) is 20.8 Å². The molecule has 154 valence electrons. The third-order valence-electron chi connectivity index (χ3n) is 4.33. The summed E-state index contributed by atoms with van der Waals surface area (Å²) in [6.45, 7) is 8.49. The normalized spacial score (nSPS) is 13.0. The van der Waals surface area contributed by atoms with Crippen LogP contribution in [0.4, 0.5) is 0 Å². The molecule has 2 rings (SSSR count). The van der Waals surface area contributed by atoms with Crippen LogP contribution < -0.4 is 10.6 Å². The van der Waals surface area contributed by atoms with E-state index in [9.17, 15) is 0 Å². The third kappa shape index (κ3) is 7.68. The van der Waals surface area contributed by atoms with Gasteiger partial charge in [0.2, 0.25) is 5.89 Å². The predicted octanol–water partition coefficient (Wildman–Crippen LogP) is 3.46. The van der Waals surface area contributed by atoms with Crippen LogP contribution in [-0.4, -0.2) is 42.8 Å². The van der Waals surface area contributed by atoms with Crippen molar-refractivity contribution in [3.63, 3.8) is 0 Å². The first-order valence-corrected chi connectivity index (χ1v) is 10.0. The summed E-state index contributed by atoms with van der Waals surface area (Å²) in [6, 6.07) is 10.3. The molecule has 0 saturated heterocycles. The Bertz CT molecular complexity index is 700. The van der Waals surface area contributed by atoms with E-state index < -0.39 is 0 Å². The van der Waals surface area contributed by atoms with Gasteiger partial charge in [-0.15, -0.1) is 0 Å². The van der Waals surface area contributed by atoms with Gasteiger partial charge in [-0.2, -0.15) is 4.98 Å². The number of guanidine groups is 1. The van der Waals surface area contributed by atoms with E-state index in [4.69, 9.17) is 9.26 Å². The van der Waals surface area contributed by atoms with Gasteiger partial charge in [-0.1, -0.05) is 49.3 Å². The van der Waals surface area contributed by atoms with Gasteiger partial charge < -0.3 is 19.9 Å². The van der Waals surface area contributed by atoms with Gasteiger partial charge in [0.1, 0.15) is 0 Å². The molecule has 28 heavy (non-hydrogen) atoms. The molecule has 1 aromatic heterocycles. The second kappa shape index (κ2) is 12.1. The van der Waals surface area contributed by atoms with Crippen molar-refractivity contribution >= 4 is 5.96 Å². The lowest BCUT2D eigenvalue weighted by atomic mass is 10.1. The van der Waals surface area contributed by atoms with E-state index in [1.54, 1.807) is 7.05 Å². The summed E-state index contributed by atoms with van der Waals surface area (Å²) >= 11 is 0. The molecule has 2 aromatic rings. The molecule has 0 amide bonds. The molecule has 1 aromatic carbocycles. The first-order valence-electron chi connectivity index (χ1n) is 10.0. The average molecular weight is 388 g/mol. The molecule has 0 radical (unpaired) electrons. The lowest BCUT2D eigenvalue weighted by molar-refractivity contribution is 0.0646. The Morgan fingerprint density at radius 2 is 1.82 bits per heavy atom. The molecule has 1 atom stereocenters. The number of hydrogen-bond donors (Lipinski definition) is 2. The number of ether oxygens (including phenoxy) is 1. The smallest absolute Gasteiger partial charge is 0.226 e. The highest BCUT2D eigenvalue weighted by Gasteiger charge is 2.09. The van der Waals surface area contributed by atoms with Gasteiger partial charge >= 0.3 is 0 Å².